The van der Waals surface area contributed by atoms with Gasteiger partial charge >= 0.3 is 0 Å². The van der Waals surface area contributed by atoms with Crippen molar-refractivity contribution < 1.29 is 0 Å². The summed E-state index contributed by atoms with van der Waals surface area (Å²) in [6.07, 6.45) is 16.5. The Hall–Kier alpha value is -1.99. The molecule has 0 aliphatic heterocycles. The lowest BCUT2D eigenvalue weighted by Gasteiger charge is -2.37. The van der Waals surface area contributed by atoms with Crippen LogP contribution in [0.25, 0.3) is 0 Å². The van der Waals surface area contributed by atoms with E-state index in [-0.39, 0.29) is 10.9 Å². The molecule has 3 aromatic carbocycles. The van der Waals surface area contributed by atoms with Gasteiger partial charge in [0.2, 0.25) is 0 Å². The van der Waals surface area contributed by atoms with E-state index >= 15 is 0 Å². The van der Waals surface area contributed by atoms with Crippen LogP contribution < -0.4 is 0 Å². The van der Waals surface area contributed by atoms with Gasteiger partial charge in [0.25, 0.3) is 0 Å². The van der Waals surface area contributed by atoms with Gasteiger partial charge in [-0.15, -0.1) is 0 Å². The molecular weight excluding hydrogens is 488 g/mol. The van der Waals surface area contributed by atoms with Gasteiger partial charge < -0.3 is 0 Å². The van der Waals surface area contributed by atoms with Crippen LogP contribution in [0.1, 0.15) is 93.6 Å². The maximum absolute atomic E-state index is 2.54. The standard InChI is InChI=1S/C38H43S/c1-2-7-30(8-3-1)39(31-15-11-26(12-16-31)35-22-28-23-36(35)34-10-4-9-33(28)34)32-17-13-27(14-18-32)37-21-25-20-29-6-5-19-38(29,37)24-25/h1-3,7-8,11-18,25,28-29,33-37H,4-6,9-10,19-24H2/q+1. The van der Waals surface area contributed by atoms with Crippen molar-refractivity contribution in [1.29, 1.82) is 0 Å². The number of rotatable bonds is 5. The van der Waals surface area contributed by atoms with Crippen molar-refractivity contribution in [2.24, 2.45) is 40.9 Å². The highest BCUT2D eigenvalue weighted by Crippen LogP contribution is 2.70. The predicted molar refractivity (Wildman–Crippen MR) is 161 cm³/mol. The van der Waals surface area contributed by atoms with Crippen molar-refractivity contribution in [3.05, 3.63) is 90.0 Å². The Morgan fingerprint density at radius 3 is 2.10 bits per heavy atom. The summed E-state index contributed by atoms with van der Waals surface area (Å²) >= 11 is 0. The predicted octanol–water partition coefficient (Wildman–Crippen LogP) is 10.0. The summed E-state index contributed by atoms with van der Waals surface area (Å²) in [6, 6.07) is 31.4. The fourth-order valence-electron chi connectivity index (χ4n) is 11.7. The summed E-state index contributed by atoms with van der Waals surface area (Å²) < 4.78 is 0. The molecule has 3 aromatic rings. The average molecular weight is 532 g/mol. The largest absolute Gasteiger partial charge is 0.166 e. The molecule has 200 valence electrons. The second kappa shape index (κ2) is 9.01. The van der Waals surface area contributed by atoms with E-state index in [1.165, 1.54) is 85.3 Å². The van der Waals surface area contributed by atoms with E-state index in [1.807, 2.05) is 0 Å². The molecule has 39 heavy (non-hydrogen) atoms. The van der Waals surface area contributed by atoms with Crippen LogP contribution in [-0.2, 0) is 10.9 Å². The van der Waals surface area contributed by atoms with Crippen molar-refractivity contribution in [3.63, 3.8) is 0 Å². The summed E-state index contributed by atoms with van der Waals surface area (Å²) in [6.45, 7) is 0. The van der Waals surface area contributed by atoms with Gasteiger partial charge in [-0.1, -0.05) is 55.3 Å². The van der Waals surface area contributed by atoms with Crippen LogP contribution in [0.3, 0.4) is 0 Å². The fourth-order valence-corrected chi connectivity index (χ4v) is 13.8. The van der Waals surface area contributed by atoms with E-state index in [2.05, 4.69) is 78.9 Å². The Morgan fingerprint density at radius 2 is 1.31 bits per heavy atom. The first kappa shape index (κ1) is 23.7. The number of benzene rings is 3. The molecule has 6 saturated carbocycles. The molecule has 0 saturated heterocycles. The second-order valence-electron chi connectivity index (χ2n) is 14.4. The Morgan fingerprint density at radius 1 is 0.590 bits per heavy atom. The maximum atomic E-state index is 2.54. The average Bonchev–Trinajstić information content (AvgIpc) is 3.81. The van der Waals surface area contributed by atoms with Crippen LogP contribution in [0.4, 0.5) is 0 Å². The SMILES string of the molecule is c1ccc([S+](c2ccc(C3CC4CC3C3CCCC43)cc2)c2ccc(C3CC4CC5CCCC53C4)cc2)cc1. The van der Waals surface area contributed by atoms with E-state index in [0.717, 1.165) is 47.3 Å². The minimum absolute atomic E-state index is 0.0489. The van der Waals surface area contributed by atoms with E-state index < -0.39 is 0 Å². The van der Waals surface area contributed by atoms with Crippen molar-refractivity contribution >= 4 is 10.9 Å². The zero-order valence-corrected chi connectivity index (χ0v) is 24.1. The quantitative estimate of drug-likeness (QED) is 0.287. The summed E-state index contributed by atoms with van der Waals surface area (Å²) in [5.41, 5.74) is 3.92. The third kappa shape index (κ3) is 3.57. The Bertz CT molecular complexity index is 1340. The molecule has 0 heterocycles. The zero-order valence-electron chi connectivity index (χ0n) is 23.3. The molecule has 10 atom stereocenters. The molecule has 1 heteroatoms. The van der Waals surface area contributed by atoms with Gasteiger partial charge in [0, 0.05) is 0 Å². The van der Waals surface area contributed by atoms with Gasteiger partial charge in [-0.25, -0.2) is 0 Å². The molecule has 6 aliphatic carbocycles. The third-order valence-electron chi connectivity index (χ3n) is 13.0. The molecule has 0 N–H and O–H groups in total. The summed E-state index contributed by atoms with van der Waals surface area (Å²) in [4.78, 5) is 4.41. The maximum Gasteiger partial charge on any atom is 0.166 e. The lowest BCUT2D eigenvalue weighted by atomic mass is 9.67. The number of fused-ring (bicyclic) bond motifs is 6. The molecule has 0 amide bonds. The van der Waals surface area contributed by atoms with Gasteiger partial charge in [0.1, 0.15) is 0 Å². The minimum atomic E-state index is -0.0489. The van der Waals surface area contributed by atoms with E-state index in [9.17, 15) is 0 Å². The zero-order chi connectivity index (χ0) is 25.6. The monoisotopic (exact) mass is 531 g/mol. The highest BCUT2D eigenvalue weighted by Gasteiger charge is 2.59. The van der Waals surface area contributed by atoms with Gasteiger partial charge in [-0.3, -0.25) is 0 Å². The molecule has 0 radical (unpaired) electrons. The molecule has 0 nitrogen and oxygen atoms in total. The highest BCUT2D eigenvalue weighted by molar-refractivity contribution is 7.97. The molecule has 4 bridgehead atoms. The molecular formula is C38H43S+. The van der Waals surface area contributed by atoms with Gasteiger partial charge in [0.05, 0.1) is 10.9 Å². The highest BCUT2D eigenvalue weighted by atomic mass is 32.2. The van der Waals surface area contributed by atoms with Crippen LogP contribution in [0.5, 0.6) is 0 Å². The minimum Gasteiger partial charge on any atom is -0.0619 e. The molecule has 0 aromatic heterocycles. The third-order valence-corrected chi connectivity index (χ3v) is 15.3. The lowest BCUT2D eigenvalue weighted by molar-refractivity contribution is 0.189. The van der Waals surface area contributed by atoms with Crippen LogP contribution >= 0.6 is 0 Å². The van der Waals surface area contributed by atoms with Crippen LogP contribution in [-0.4, -0.2) is 0 Å². The topological polar surface area (TPSA) is 0 Å². The first-order valence-corrected chi connectivity index (χ1v) is 17.5. The number of hydrogen-bond donors (Lipinski definition) is 0. The Kier molecular flexibility index (Phi) is 5.47. The summed E-state index contributed by atoms with van der Waals surface area (Å²) in [5, 5.41) is 0. The fraction of sp³-hybridized carbons (Fsp3) is 0.526. The summed E-state index contributed by atoms with van der Waals surface area (Å²) in [5.74, 6) is 7.78. The summed E-state index contributed by atoms with van der Waals surface area (Å²) in [7, 11) is -0.0489. The van der Waals surface area contributed by atoms with Crippen molar-refractivity contribution in [3.8, 4) is 0 Å². The van der Waals surface area contributed by atoms with Gasteiger partial charge in [-0.2, -0.15) is 0 Å². The molecule has 9 rings (SSSR count). The van der Waals surface area contributed by atoms with E-state index in [1.54, 1.807) is 11.1 Å². The van der Waals surface area contributed by atoms with Crippen molar-refractivity contribution in [2.45, 2.75) is 97.2 Å². The first-order valence-electron chi connectivity index (χ1n) is 16.3. The molecule has 6 fully saturated rings. The Labute approximate surface area is 238 Å². The molecule has 6 aliphatic rings. The first-order chi connectivity index (χ1) is 19.3. The van der Waals surface area contributed by atoms with Gasteiger partial charge in [0.15, 0.2) is 14.7 Å². The smallest absolute Gasteiger partial charge is 0.0619 e. The molecule has 1 spiro atoms. The van der Waals surface area contributed by atoms with Crippen LogP contribution in [0, 0.1) is 40.9 Å². The van der Waals surface area contributed by atoms with E-state index in [0.29, 0.717) is 5.41 Å². The van der Waals surface area contributed by atoms with Gasteiger partial charge in [-0.05, 0) is 158 Å². The molecule has 10 unspecified atom stereocenters. The van der Waals surface area contributed by atoms with Crippen LogP contribution in [0.15, 0.2) is 93.5 Å². The lowest BCUT2D eigenvalue weighted by Crippen LogP contribution is -2.27. The second-order valence-corrected chi connectivity index (χ2v) is 16.5. The Balaban J connectivity index is 1.01. The normalized spacial score (nSPS) is 40.2. The number of hydrogen-bond acceptors (Lipinski definition) is 0. The van der Waals surface area contributed by atoms with Crippen molar-refractivity contribution in [2.75, 3.05) is 0 Å². The van der Waals surface area contributed by atoms with E-state index in [4.69, 9.17) is 0 Å². The van der Waals surface area contributed by atoms with Crippen molar-refractivity contribution in [1.82, 2.24) is 0 Å². The van der Waals surface area contributed by atoms with Crippen LogP contribution in [0.2, 0.25) is 0 Å².